The molecule has 6 nitrogen and oxygen atoms in total. The lowest BCUT2D eigenvalue weighted by Crippen LogP contribution is -2.41. The van der Waals surface area contributed by atoms with Gasteiger partial charge in [0.05, 0.1) is 12.5 Å². The topological polar surface area (TPSA) is 67.3 Å². The van der Waals surface area contributed by atoms with Gasteiger partial charge in [-0.1, -0.05) is 6.07 Å². The second kappa shape index (κ2) is 8.17. The Kier molecular flexibility index (Phi) is 5.71. The summed E-state index contributed by atoms with van der Waals surface area (Å²) in [6.07, 6.45) is 1.83. The number of amides is 1. The van der Waals surface area contributed by atoms with Crippen LogP contribution >= 0.6 is 0 Å². The first kappa shape index (κ1) is 18.2. The van der Waals surface area contributed by atoms with Gasteiger partial charge in [-0.2, -0.15) is 0 Å². The van der Waals surface area contributed by atoms with Crippen LogP contribution < -0.4 is 15.0 Å². The van der Waals surface area contributed by atoms with Gasteiger partial charge in [0.2, 0.25) is 11.9 Å². The number of hydrogen-bond donors (Lipinski definition) is 1. The number of benzene rings is 1. The Balaban J connectivity index is 1.67. The minimum atomic E-state index is -0.0797. The molecule has 1 N–H and O–H groups in total. The van der Waals surface area contributed by atoms with Gasteiger partial charge in [0, 0.05) is 36.2 Å². The number of piperidine rings is 1. The van der Waals surface area contributed by atoms with Gasteiger partial charge in [-0.3, -0.25) is 4.79 Å². The summed E-state index contributed by atoms with van der Waals surface area (Å²) in [6.45, 7) is 8.00. The highest BCUT2D eigenvalue weighted by atomic mass is 16.5. The lowest BCUT2D eigenvalue weighted by Gasteiger charge is -2.32. The van der Waals surface area contributed by atoms with Gasteiger partial charge in [-0.05, 0) is 51.8 Å². The van der Waals surface area contributed by atoms with Crippen molar-refractivity contribution < 1.29 is 9.53 Å². The number of nitrogens with one attached hydrogen (secondary N) is 1. The van der Waals surface area contributed by atoms with Crippen LogP contribution in [0.1, 0.15) is 31.2 Å². The largest absolute Gasteiger partial charge is 0.494 e. The van der Waals surface area contributed by atoms with Crippen LogP contribution in [0.25, 0.3) is 0 Å². The van der Waals surface area contributed by atoms with Crippen molar-refractivity contribution in [3.63, 3.8) is 0 Å². The third-order valence-corrected chi connectivity index (χ3v) is 4.46. The predicted octanol–water partition coefficient (Wildman–Crippen LogP) is 3.35. The maximum absolute atomic E-state index is 12.7. The van der Waals surface area contributed by atoms with E-state index in [-0.39, 0.29) is 11.8 Å². The molecule has 3 rings (SSSR count). The molecule has 0 aliphatic carbocycles. The van der Waals surface area contributed by atoms with Crippen molar-refractivity contribution in [1.29, 1.82) is 0 Å². The fraction of sp³-hybridized carbons (Fsp3) is 0.450. The molecule has 1 aromatic carbocycles. The lowest BCUT2D eigenvalue weighted by molar-refractivity contribution is -0.120. The third kappa shape index (κ3) is 4.50. The Morgan fingerprint density at radius 2 is 2.04 bits per heavy atom. The number of aromatic nitrogens is 2. The van der Waals surface area contributed by atoms with Crippen molar-refractivity contribution >= 4 is 17.5 Å². The number of carbonyl (C=O) groups is 1. The maximum atomic E-state index is 12.7. The van der Waals surface area contributed by atoms with Crippen LogP contribution in [0.2, 0.25) is 0 Å². The highest BCUT2D eigenvalue weighted by molar-refractivity contribution is 5.93. The van der Waals surface area contributed by atoms with E-state index in [1.807, 2.05) is 51.1 Å². The molecule has 26 heavy (non-hydrogen) atoms. The fourth-order valence-electron chi connectivity index (χ4n) is 3.30. The third-order valence-electron chi connectivity index (χ3n) is 4.46. The first-order chi connectivity index (χ1) is 12.5. The molecule has 1 amide bonds. The second-order valence-corrected chi connectivity index (χ2v) is 6.69. The summed E-state index contributed by atoms with van der Waals surface area (Å²) in [5.41, 5.74) is 2.67. The number of rotatable bonds is 5. The van der Waals surface area contributed by atoms with Gasteiger partial charge in [0.1, 0.15) is 5.75 Å². The molecule has 2 heterocycles. The van der Waals surface area contributed by atoms with Crippen molar-refractivity contribution in [3.05, 3.63) is 41.7 Å². The number of aryl methyl sites for hydroxylation is 2. The fourth-order valence-corrected chi connectivity index (χ4v) is 3.30. The summed E-state index contributed by atoms with van der Waals surface area (Å²) in [4.78, 5) is 23.9. The lowest BCUT2D eigenvalue weighted by atomic mass is 9.97. The van der Waals surface area contributed by atoms with E-state index in [0.29, 0.717) is 13.2 Å². The van der Waals surface area contributed by atoms with Crippen LogP contribution in [-0.2, 0) is 4.79 Å². The van der Waals surface area contributed by atoms with E-state index in [4.69, 9.17) is 4.74 Å². The quantitative estimate of drug-likeness (QED) is 0.892. The van der Waals surface area contributed by atoms with E-state index in [0.717, 1.165) is 48.2 Å². The van der Waals surface area contributed by atoms with Gasteiger partial charge < -0.3 is 15.0 Å². The van der Waals surface area contributed by atoms with Crippen LogP contribution in [0, 0.1) is 19.8 Å². The summed E-state index contributed by atoms with van der Waals surface area (Å²) in [5.74, 6) is 1.44. The summed E-state index contributed by atoms with van der Waals surface area (Å²) in [6, 6.07) is 9.47. The molecule has 1 aliphatic rings. The van der Waals surface area contributed by atoms with E-state index in [9.17, 15) is 4.79 Å². The molecular weight excluding hydrogens is 328 g/mol. The smallest absolute Gasteiger partial charge is 0.229 e. The van der Waals surface area contributed by atoms with Crippen molar-refractivity contribution in [1.82, 2.24) is 9.97 Å². The molecule has 0 saturated carbocycles. The number of ether oxygens (including phenoxy) is 1. The molecule has 0 radical (unpaired) electrons. The van der Waals surface area contributed by atoms with Crippen LogP contribution in [0.15, 0.2) is 30.3 Å². The summed E-state index contributed by atoms with van der Waals surface area (Å²) in [5, 5.41) is 3.02. The first-order valence-electron chi connectivity index (χ1n) is 9.16. The zero-order chi connectivity index (χ0) is 18.5. The standard InChI is InChI=1S/C20H26N4O2/c1-4-26-18-9-5-8-17(12-18)23-19(25)16-7-6-10-24(13-16)20-21-14(2)11-15(3)22-20/h5,8-9,11-12,16H,4,6-7,10,13H2,1-3H3,(H,23,25)/t16-/m0/s1. The van der Waals surface area contributed by atoms with Crippen molar-refractivity contribution in [3.8, 4) is 5.75 Å². The van der Waals surface area contributed by atoms with Crippen LogP contribution in [0.3, 0.4) is 0 Å². The van der Waals surface area contributed by atoms with E-state index in [1.54, 1.807) is 0 Å². The normalized spacial score (nSPS) is 17.0. The average molecular weight is 354 g/mol. The van der Waals surface area contributed by atoms with Gasteiger partial charge in [-0.25, -0.2) is 9.97 Å². The van der Waals surface area contributed by atoms with E-state index in [1.165, 1.54) is 0 Å². The number of carbonyl (C=O) groups excluding carboxylic acids is 1. The van der Waals surface area contributed by atoms with Crippen LogP contribution in [0.4, 0.5) is 11.6 Å². The molecule has 0 bridgehead atoms. The monoisotopic (exact) mass is 354 g/mol. The molecular formula is C20H26N4O2. The summed E-state index contributed by atoms with van der Waals surface area (Å²) < 4.78 is 5.49. The van der Waals surface area contributed by atoms with E-state index >= 15 is 0 Å². The first-order valence-corrected chi connectivity index (χ1v) is 9.16. The van der Waals surface area contributed by atoms with E-state index in [2.05, 4.69) is 20.2 Å². The van der Waals surface area contributed by atoms with Crippen molar-refractivity contribution in [2.24, 2.45) is 5.92 Å². The second-order valence-electron chi connectivity index (χ2n) is 6.69. The summed E-state index contributed by atoms with van der Waals surface area (Å²) >= 11 is 0. The number of nitrogens with zero attached hydrogens (tertiary/aromatic N) is 3. The molecule has 1 fully saturated rings. The minimum Gasteiger partial charge on any atom is -0.494 e. The molecule has 1 saturated heterocycles. The SMILES string of the molecule is CCOc1cccc(NC(=O)[C@H]2CCCN(c3nc(C)cc(C)n3)C2)c1. The van der Waals surface area contributed by atoms with Gasteiger partial charge >= 0.3 is 0 Å². The molecule has 1 aliphatic heterocycles. The molecule has 0 unspecified atom stereocenters. The number of anilines is 2. The molecule has 2 aromatic rings. The Morgan fingerprint density at radius 3 is 2.77 bits per heavy atom. The Morgan fingerprint density at radius 1 is 1.27 bits per heavy atom. The molecule has 6 heteroatoms. The van der Waals surface area contributed by atoms with Gasteiger partial charge in [0.15, 0.2) is 0 Å². The minimum absolute atomic E-state index is 0.0349. The molecule has 138 valence electrons. The molecule has 1 atom stereocenters. The highest BCUT2D eigenvalue weighted by Crippen LogP contribution is 2.23. The Hall–Kier alpha value is -2.63. The van der Waals surface area contributed by atoms with Gasteiger partial charge in [-0.15, -0.1) is 0 Å². The van der Waals surface area contributed by atoms with Crippen LogP contribution in [0.5, 0.6) is 5.75 Å². The molecule has 1 aromatic heterocycles. The Bertz CT molecular complexity index is 758. The Labute approximate surface area is 154 Å². The zero-order valence-electron chi connectivity index (χ0n) is 15.7. The van der Waals surface area contributed by atoms with Crippen molar-refractivity contribution in [2.75, 3.05) is 29.9 Å². The highest BCUT2D eigenvalue weighted by Gasteiger charge is 2.27. The maximum Gasteiger partial charge on any atom is 0.229 e. The van der Waals surface area contributed by atoms with Crippen LogP contribution in [-0.4, -0.2) is 35.6 Å². The zero-order valence-corrected chi connectivity index (χ0v) is 15.7. The predicted molar refractivity (Wildman–Crippen MR) is 103 cm³/mol. The summed E-state index contributed by atoms with van der Waals surface area (Å²) in [7, 11) is 0. The van der Waals surface area contributed by atoms with Gasteiger partial charge in [0.25, 0.3) is 0 Å². The van der Waals surface area contributed by atoms with E-state index < -0.39 is 0 Å². The number of hydrogen-bond acceptors (Lipinski definition) is 5. The average Bonchev–Trinajstić information content (AvgIpc) is 2.61. The van der Waals surface area contributed by atoms with Crippen molar-refractivity contribution in [2.45, 2.75) is 33.6 Å². The molecule has 0 spiro atoms.